The fourth-order valence-corrected chi connectivity index (χ4v) is 2.73. The minimum Gasteiger partial charge on any atom is -0.340 e. The number of hydrogen-bond acceptors (Lipinski definition) is 3. The van der Waals surface area contributed by atoms with Crippen LogP contribution in [0, 0.1) is 12.7 Å². The van der Waals surface area contributed by atoms with Gasteiger partial charge in [-0.05, 0) is 19.1 Å². The molecule has 0 radical (unpaired) electrons. The van der Waals surface area contributed by atoms with Gasteiger partial charge in [0.25, 0.3) is 5.56 Å². The van der Waals surface area contributed by atoms with Crippen molar-refractivity contribution < 1.29 is 9.18 Å². The summed E-state index contributed by atoms with van der Waals surface area (Å²) >= 11 is 0. The Kier molecular flexibility index (Phi) is 4.61. The number of aromatic nitrogens is 2. The molecule has 0 N–H and O–H groups in total. The van der Waals surface area contributed by atoms with Crippen molar-refractivity contribution in [3.05, 3.63) is 76.0 Å². The van der Waals surface area contributed by atoms with Gasteiger partial charge in [-0.15, -0.1) is 0 Å². The third-order valence-corrected chi connectivity index (χ3v) is 4.13. The van der Waals surface area contributed by atoms with Gasteiger partial charge in [0.15, 0.2) is 0 Å². The predicted octanol–water partition coefficient (Wildman–Crippen LogP) is 2.50. The Bertz CT molecular complexity index is 997. The second kappa shape index (κ2) is 6.84. The average molecular weight is 339 g/mol. The van der Waals surface area contributed by atoms with Crippen LogP contribution in [0.3, 0.4) is 0 Å². The number of amides is 1. The highest BCUT2D eigenvalue weighted by Crippen LogP contribution is 2.12. The maximum atomic E-state index is 13.7. The van der Waals surface area contributed by atoms with E-state index in [1.165, 1.54) is 11.0 Å². The first-order chi connectivity index (χ1) is 12.0. The molecule has 0 saturated heterocycles. The molecule has 1 aromatic heterocycles. The molecule has 1 amide bonds. The highest BCUT2D eigenvalue weighted by molar-refractivity contribution is 5.83. The van der Waals surface area contributed by atoms with Gasteiger partial charge in [-0.25, -0.2) is 9.07 Å². The molecular weight excluding hydrogens is 321 g/mol. The van der Waals surface area contributed by atoms with Crippen molar-refractivity contribution in [2.45, 2.75) is 20.0 Å². The lowest BCUT2D eigenvalue weighted by molar-refractivity contribution is -0.131. The van der Waals surface area contributed by atoms with Crippen LogP contribution in [0.2, 0.25) is 0 Å². The summed E-state index contributed by atoms with van der Waals surface area (Å²) in [6.07, 6.45) is 0. The summed E-state index contributed by atoms with van der Waals surface area (Å²) in [5, 5.41) is 5.53. The molecule has 3 rings (SSSR count). The number of rotatable bonds is 4. The quantitative estimate of drug-likeness (QED) is 0.734. The standard InChI is InChI=1S/C19H18FN3O2/c1-13-15-8-4-5-9-16(15)19(25)23(21-13)12-18(24)22(2)11-14-7-3-6-10-17(14)20/h3-10H,11-12H2,1-2H3. The van der Waals surface area contributed by atoms with Crippen LogP contribution >= 0.6 is 0 Å². The van der Waals surface area contributed by atoms with Crippen molar-refractivity contribution in [2.24, 2.45) is 0 Å². The van der Waals surface area contributed by atoms with E-state index in [-0.39, 0.29) is 30.4 Å². The number of carbonyl (C=O) groups is 1. The summed E-state index contributed by atoms with van der Waals surface area (Å²) in [6, 6.07) is 13.5. The molecule has 0 spiro atoms. The van der Waals surface area contributed by atoms with E-state index in [4.69, 9.17) is 0 Å². The van der Waals surface area contributed by atoms with E-state index in [0.29, 0.717) is 16.6 Å². The summed E-state index contributed by atoms with van der Waals surface area (Å²) < 4.78 is 14.9. The van der Waals surface area contributed by atoms with Crippen LogP contribution in [0.1, 0.15) is 11.3 Å². The lowest BCUT2D eigenvalue weighted by atomic mass is 10.1. The van der Waals surface area contributed by atoms with Gasteiger partial charge in [-0.2, -0.15) is 5.10 Å². The van der Waals surface area contributed by atoms with E-state index in [1.54, 1.807) is 44.3 Å². The zero-order valence-electron chi connectivity index (χ0n) is 14.1. The number of aryl methyl sites for hydroxylation is 1. The zero-order chi connectivity index (χ0) is 18.0. The lowest BCUT2D eigenvalue weighted by Crippen LogP contribution is -2.35. The van der Waals surface area contributed by atoms with E-state index in [2.05, 4.69) is 5.10 Å². The van der Waals surface area contributed by atoms with E-state index in [9.17, 15) is 14.0 Å². The number of hydrogen-bond donors (Lipinski definition) is 0. The summed E-state index contributed by atoms with van der Waals surface area (Å²) in [7, 11) is 1.58. The molecule has 6 heteroatoms. The second-order valence-corrected chi connectivity index (χ2v) is 5.94. The molecule has 1 heterocycles. The molecule has 0 aliphatic carbocycles. The molecule has 0 bridgehead atoms. The van der Waals surface area contributed by atoms with Crippen LogP contribution in [0.15, 0.2) is 53.3 Å². The number of fused-ring (bicyclic) bond motifs is 1. The molecule has 5 nitrogen and oxygen atoms in total. The molecule has 3 aromatic rings. The zero-order valence-corrected chi connectivity index (χ0v) is 14.1. The Balaban J connectivity index is 1.83. The Morgan fingerprint density at radius 1 is 1.12 bits per heavy atom. The number of halogens is 1. The fourth-order valence-electron chi connectivity index (χ4n) is 2.73. The lowest BCUT2D eigenvalue weighted by Gasteiger charge is -2.18. The van der Waals surface area contributed by atoms with E-state index in [0.717, 1.165) is 10.1 Å². The number of nitrogens with zero attached hydrogens (tertiary/aromatic N) is 3. The molecule has 25 heavy (non-hydrogen) atoms. The number of carbonyl (C=O) groups excluding carboxylic acids is 1. The molecule has 128 valence electrons. The monoisotopic (exact) mass is 339 g/mol. The number of benzene rings is 2. The normalized spacial score (nSPS) is 10.8. The topological polar surface area (TPSA) is 55.2 Å². The van der Waals surface area contributed by atoms with Crippen LogP contribution in [-0.2, 0) is 17.9 Å². The summed E-state index contributed by atoms with van der Waals surface area (Å²) in [5.41, 5.74) is 0.793. The van der Waals surface area contributed by atoms with E-state index >= 15 is 0 Å². The van der Waals surface area contributed by atoms with Gasteiger partial charge in [0.05, 0.1) is 11.1 Å². The smallest absolute Gasteiger partial charge is 0.275 e. The van der Waals surface area contributed by atoms with Gasteiger partial charge in [-0.1, -0.05) is 36.4 Å². The van der Waals surface area contributed by atoms with Crippen molar-refractivity contribution in [3.8, 4) is 0 Å². The van der Waals surface area contributed by atoms with Gasteiger partial charge in [0.1, 0.15) is 12.4 Å². The van der Waals surface area contributed by atoms with Crippen molar-refractivity contribution >= 4 is 16.7 Å². The van der Waals surface area contributed by atoms with Crippen molar-refractivity contribution in [1.29, 1.82) is 0 Å². The maximum Gasteiger partial charge on any atom is 0.275 e. The maximum absolute atomic E-state index is 13.7. The van der Waals surface area contributed by atoms with Crippen LogP contribution in [0.5, 0.6) is 0 Å². The van der Waals surface area contributed by atoms with Gasteiger partial charge in [0, 0.05) is 24.5 Å². The highest BCUT2D eigenvalue weighted by atomic mass is 19.1. The van der Waals surface area contributed by atoms with Crippen LogP contribution in [0.4, 0.5) is 4.39 Å². The van der Waals surface area contributed by atoms with Gasteiger partial charge >= 0.3 is 0 Å². The third kappa shape index (κ3) is 3.42. The molecule has 0 aliphatic heterocycles. The average Bonchev–Trinajstić information content (AvgIpc) is 2.61. The fraction of sp³-hybridized carbons (Fsp3) is 0.211. The Hall–Kier alpha value is -3.02. The molecule has 0 fully saturated rings. The van der Waals surface area contributed by atoms with Crippen molar-refractivity contribution in [3.63, 3.8) is 0 Å². The van der Waals surface area contributed by atoms with Crippen LogP contribution in [-0.4, -0.2) is 27.6 Å². The van der Waals surface area contributed by atoms with Gasteiger partial charge < -0.3 is 4.90 Å². The predicted molar refractivity (Wildman–Crippen MR) is 93.6 cm³/mol. The minimum atomic E-state index is -0.362. The van der Waals surface area contributed by atoms with Gasteiger partial charge in [0.2, 0.25) is 5.91 Å². The Labute approximate surface area is 144 Å². The largest absolute Gasteiger partial charge is 0.340 e. The van der Waals surface area contributed by atoms with Gasteiger partial charge in [-0.3, -0.25) is 9.59 Å². The third-order valence-electron chi connectivity index (χ3n) is 4.13. The Morgan fingerprint density at radius 3 is 2.48 bits per heavy atom. The number of likely N-dealkylation sites (N-methyl/N-ethyl adjacent to an activating group) is 1. The SMILES string of the molecule is Cc1nn(CC(=O)N(C)Cc2ccccc2F)c(=O)c2ccccc12. The Morgan fingerprint density at radius 2 is 1.76 bits per heavy atom. The van der Waals surface area contributed by atoms with Crippen molar-refractivity contribution in [2.75, 3.05) is 7.05 Å². The first-order valence-electron chi connectivity index (χ1n) is 7.91. The first kappa shape index (κ1) is 16.8. The molecule has 0 aliphatic rings. The molecule has 0 saturated carbocycles. The molecule has 0 atom stereocenters. The minimum absolute atomic E-state index is 0.132. The van der Waals surface area contributed by atoms with Crippen molar-refractivity contribution in [1.82, 2.24) is 14.7 Å². The second-order valence-electron chi connectivity index (χ2n) is 5.94. The molecule has 0 unspecified atom stereocenters. The first-order valence-corrected chi connectivity index (χ1v) is 7.91. The highest BCUT2D eigenvalue weighted by Gasteiger charge is 2.15. The van der Waals surface area contributed by atoms with Crippen LogP contribution in [0.25, 0.3) is 10.8 Å². The molecule has 2 aromatic carbocycles. The van der Waals surface area contributed by atoms with E-state index < -0.39 is 0 Å². The summed E-state index contributed by atoms with van der Waals surface area (Å²) in [5.74, 6) is -0.675. The molecular formula is C19H18FN3O2. The summed E-state index contributed by atoms with van der Waals surface area (Å²) in [6.45, 7) is 1.74. The van der Waals surface area contributed by atoms with Crippen LogP contribution < -0.4 is 5.56 Å². The van der Waals surface area contributed by atoms with E-state index in [1.807, 2.05) is 12.1 Å². The summed E-state index contributed by atoms with van der Waals surface area (Å²) in [4.78, 5) is 26.3.